The minimum Gasteiger partial charge on any atom is -0.493 e. The predicted molar refractivity (Wildman–Crippen MR) is 73.2 cm³/mol. The summed E-state index contributed by atoms with van der Waals surface area (Å²) in [5, 5.41) is 0. The normalized spacial score (nSPS) is 16.1. The van der Waals surface area contributed by atoms with Crippen molar-refractivity contribution in [3.8, 4) is 11.5 Å². The highest BCUT2D eigenvalue weighted by Crippen LogP contribution is 2.32. The van der Waals surface area contributed by atoms with Crippen LogP contribution in [0.25, 0.3) is 0 Å². The summed E-state index contributed by atoms with van der Waals surface area (Å²) in [5.41, 5.74) is 0.581. The number of hydrogen-bond acceptors (Lipinski definition) is 5. The van der Waals surface area contributed by atoms with Crippen LogP contribution in [0.5, 0.6) is 11.5 Å². The molecule has 0 unspecified atom stereocenters. The van der Waals surface area contributed by atoms with Crippen LogP contribution in [0.15, 0.2) is 18.2 Å². The van der Waals surface area contributed by atoms with Crippen molar-refractivity contribution in [3.63, 3.8) is 0 Å². The number of rotatable bonds is 5. The molecule has 2 rings (SSSR count). The van der Waals surface area contributed by atoms with Crippen LogP contribution >= 0.6 is 22.4 Å². The second kappa shape index (κ2) is 5.59. The maximum atomic E-state index is 11.0. The van der Waals surface area contributed by atoms with E-state index in [-0.39, 0.29) is 11.9 Å². The SMILES string of the molecule is COc1cc(CS(=O)(=O)Cl)ccc1OC1CSC1. The fraction of sp³-hybridized carbons (Fsp3) is 0.455. The first-order valence-electron chi connectivity index (χ1n) is 5.31. The van der Waals surface area contributed by atoms with Crippen LogP contribution in [0.2, 0.25) is 0 Å². The quantitative estimate of drug-likeness (QED) is 0.781. The maximum Gasteiger partial charge on any atom is 0.236 e. The fourth-order valence-corrected chi connectivity index (χ4v) is 3.08. The number of methoxy groups -OCH3 is 1. The van der Waals surface area contributed by atoms with Crippen LogP contribution in [0.1, 0.15) is 5.56 Å². The molecule has 0 bridgehead atoms. The van der Waals surface area contributed by atoms with E-state index in [4.69, 9.17) is 20.2 Å². The number of benzene rings is 1. The lowest BCUT2D eigenvalue weighted by atomic mass is 10.2. The van der Waals surface area contributed by atoms with Gasteiger partial charge in [-0.05, 0) is 17.7 Å². The van der Waals surface area contributed by atoms with E-state index in [1.165, 1.54) is 7.11 Å². The van der Waals surface area contributed by atoms with E-state index in [0.717, 1.165) is 11.5 Å². The Bertz CT molecular complexity index is 526. The molecule has 0 spiro atoms. The molecule has 0 N–H and O–H groups in total. The zero-order valence-corrected chi connectivity index (χ0v) is 12.1. The Balaban J connectivity index is 2.16. The molecule has 1 aromatic rings. The molecule has 0 aromatic heterocycles. The average Bonchev–Trinajstić information content (AvgIpc) is 2.22. The van der Waals surface area contributed by atoms with E-state index < -0.39 is 9.05 Å². The number of hydrogen-bond donors (Lipinski definition) is 0. The van der Waals surface area contributed by atoms with Crippen LogP contribution in [-0.2, 0) is 14.8 Å². The molecule has 7 heteroatoms. The number of thioether (sulfide) groups is 1. The zero-order chi connectivity index (χ0) is 13.2. The third kappa shape index (κ3) is 3.70. The first kappa shape index (κ1) is 13.8. The minimum atomic E-state index is -3.56. The third-order valence-corrected chi connectivity index (χ3v) is 4.69. The van der Waals surface area contributed by atoms with Crippen LogP contribution in [0.3, 0.4) is 0 Å². The van der Waals surface area contributed by atoms with Gasteiger partial charge in [-0.15, -0.1) is 0 Å². The molecule has 1 saturated heterocycles. The van der Waals surface area contributed by atoms with Gasteiger partial charge >= 0.3 is 0 Å². The summed E-state index contributed by atoms with van der Waals surface area (Å²) >= 11 is 1.83. The van der Waals surface area contributed by atoms with E-state index in [2.05, 4.69) is 0 Å². The van der Waals surface area contributed by atoms with E-state index in [1.807, 2.05) is 11.8 Å². The fourth-order valence-electron chi connectivity index (χ4n) is 1.56. The van der Waals surface area contributed by atoms with E-state index >= 15 is 0 Å². The van der Waals surface area contributed by atoms with Gasteiger partial charge in [-0.1, -0.05) is 6.07 Å². The molecular weight excluding hydrogens is 296 g/mol. The van der Waals surface area contributed by atoms with E-state index in [9.17, 15) is 8.42 Å². The molecule has 1 heterocycles. The Morgan fingerprint density at radius 3 is 2.61 bits per heavy atom. The van der Waals surface area contributed by atoms with Crippen molar-refractivity contribution in [2.45, 2.75) is 11.9 Å². The van der Waals surface area contributed by atoms with Crippen LogP contribution in [-0.4, -0.2) is 33.1 Å². The highest BCUT2D eigenvalue weighted by Gasteiger charge is 2.21. The van der Waals surface area contributed by atoms with Crippen molar-refractivity contribution < 1.29 is 17.9 Å². The lowest BCUT2D eigenvalue weighted by Crippen LogP contribution is -2.31. The highest BCUT2D eigenvalue weighted by molar-refractivity contribution is 8.13. The van der Waals surface area contributed by atoms with Gasteiger partial charge in [0.1, 0.15) is 6.10 Å². The van der Waals surface area contributed by atoms with Gasteiger partial charge in [0.25, 0.3) is 0 Å². The van der Waals surface area contributed by atoms with Gasteiger partial charge in [0.2, 0.25) is 9.05 Å². The molecule has 1 aliphatic rings. The molecule has 18 heavy (non-hydrogen) atoms. The molecule has 0 radical (unpaired) electrons. The molecule has 4 nitrogen and oxygen atoms in total. The van der Waals surface area contributed by atoms with Crippen LogP contribution in [0, 0.1) is 0 Å². The summed E-state index contributed by atoms with van der Waals surface area (Å²) in [6.45, 7) is 0. The second-order valence-electron chi connectivity index (χ2n) is 3.95. The minimum absolute atomic E-state index is 0.214. The van der Waals surface area contributed by atoms with Crippen molar-refractivity contribution in [1.82, 2.24) is 0 Å². The first-order valence-corrected chi connectivity index (χ1v) is 8.95. The van der Waals surface area contributed by atoms with Crippen molar-refractivity contribution >= 4 is 31.5 Å². The summed E-state index contributed by atoms with van der Waals surface area (Å²) < 4.78 is 32.9. The molecule has 0 aliphatic carbocycles. The topological polar surface area (TPSA) is 52.6 Å². The Hall–Kier alpha value is -0.590. The first-order chi connectivity index (χ1) is 8.48. The van der Waals surface area contributed by atoms with Gasteiger partial charge in [0.05, 0.1) is 12.9 Å². The summed E-state index contributed by atoms with van der Waals surface area (Å²) in [5.74, 6) is 2.90. The lowest BCUT2D eigenvalue weighted by Gasteiger charge is -2.26. The highest BCUT2D eigenvalue weighted by atomic mass is 35.7. The second-order valence-corrected chi connectivity index (χ2v) is 7.80. The molecule has 0 amide bonds. The monoisotopic (exact) mass is 308 g/mol. The largest absolute Gasteiger partial charge is 0.493 e. The summed E-state index contributed by atoms with van der Waals surface area (Å²) in [4.78, 5) is 0. The van der Waals surface area contributed by atoms with Crippen LogP contribution in [0.4, 0.5) is 0 Å². The average molecular weight is 309 g/mol. The number of halogens is 1. The van der Waals surface area contributed by atoms with Crippen molar-refractivity contribution in [2.24, 2.45) is 0 Å². The predicted octanol–water partition coefficient (Wildman–Crippen LogP) is 2.26. The zero-order valence-electron chi connectivity index (χ0n) is 9.76. The molecule has 1 aromatic carbocycles. The Kier molecular flexibility index (Phi) is 4.29. The van der Waals surface area contributed by atoms with Gasteiger partial charge < -0.3 is 9.47 Å². The maximum absolute atomic E-state index is 11.0. The van der Waals surface area contributed by atoms with Crippen LogP contribution < -0.4 is 9.47 Å². The Labute approximate surface area is 115 Å². The van der Waals surface area contributed by atoms with Gasteiger partial charge in [-0.25, -0.2) is 8.42 Å². The summed E-state index contributed by atoms with van der Waals surface area (Å²) in [6.07, 6.45) is 0.214. The van der Waals surface area contributed by atoms with Crippen molar-refractivity contribution in [3.05, 3.63) is 23.8 Å². The Morgan fingerprint density at radius 1 is 1.39 bits per heavy atom. The van der Waals surface area contributed by atoms with Crippen molar-refractivity contribution in [2.75, 3.05) is 18.6 Å². The van der Waals surface area contributed by atoms with Gasteiger partial charge in [0.15, 0.2) is 11.5 Å². The van der Waals surface area contributed by atoms with Gasteiger partial charge in [0, 0.05) is 22.2 Å². The molecular formula is C11H13ClO4S2. The lowest BCUT2D eigenvalue weighted by molar-refractivity contribution is 0.228. The molecule has 1 fully saturated rings. The number of ether oxygens (including phenoxy) is 2. The molecule has 100 valence electrons. The van der Waals surface area contributed by atoms with Gasteiger partial charge in [-0.2, -0.15) is 11.8 Å². The van der Waals surface area contributed by atoms with Crippen molar-refractivity contribution in [1.29, 1.82) is 0 Å². The van der Waals surface area contributed by atoms with E-state index in [1.54, 1.807) is 18.2 Å². The summed E-state index contributed by atoms with van der Waals surface area (Å²) in [6, 6.07) is 5.05. The van der Waals surface area contributed by atoms with Gasteiger partial charge in [-0.3, -0.25) is 0 Å². The molecule has 0 atom stereocenters. The Morgan fingerprint density at radius 2 is 2.11 bits per heavy atom. The smallest absolute Gasteiger partial charge is 0.236 e. The molecule has 1 aliphatic heterocycles. The standard InChI is InChI=1S/C11H13ClO4S2/c1-15-11-4-8(7-18(12,13)14)2-3-10(11)16-9-5-17-6-9/h2-4,9H,5-7H2,1H3. The summed E-state index contributed by atoms with van der Waals surface area (Å²) in [7, 11) is 3.18. The molecule has 0 saturated carbocycles. The third-order valence-electron chi connectivity index (χ3n) is 2.47. The van der Waals surface area contributed by atoms with E-state index in [0.29, 0.717) is 17.1 Å².